The smallest absolute Gasteiger partial charge is 0.262 e. The van der Waals surface area contributed by atoms with Crippen LogP contribution in [0.4, 0.5) is 5.69 Å². The van der Waals surface area contributed by atoms with Crippen LogP contribution in [0.1, 0.15) is 27.0 Å². The maximum atomic E-state index is 12.1. The number of amides is 2. The number of nitrogens with zero attached hydrogens (tertiary/aromatic N) is 1. The maximum absolute atomic E-state index is 12.1. The summed E-state index contributed by atoms with van der Waals surface area (Å²) in [6.07, 6.45) is 0. The second-order valence-corrected chi connectivity index (χ2v) is 6.32. The van der Waals surface area contributed by atoms with Gasteiger partial charge in [-0.3, -0.25) is 9.59 Å². The van der Waals surface area contributed by atoms with Crippen molar-refractivity contribution in [2.24, 2.45) is 0 Å². The second-order valence-electron chi connectivity index (χ2n) is 6.32. The van der Waals surface area contributed by atoms with Crippen LogP contribution in [0, 0.1) is 20.8 Å². The fourth-order valence-corrected chi connectivity index (χ4v) is 2.31. The Morgan fingerprint density at radius 1 is 0.960 bits per heavy atom. The third-order valence-corrected chi connectivity index (χ3v) is 3.99. The van der Waals surface area contributed by atoms with Crippen molar-refractivity contribution in [3.05, 3.63) is 58.7 Å². The van der Waals surface area contributed by atoms with E-state index in [2.05, 4.69) is 5.32 Å². The molecule has 0 aliphatic heterocycles. The summed E-state index contributed by atoms with van der Waals surface area (Å²) < 4.78 is 5.61. The van der Waals surface area contributed by atoms with Crippen LogP contribution >= 0.6 is 0 Å². The molecule has 0 aliphatic rings. The molecule has 5 heteroatoms. The monoisotopic (exact) mass is 340 g/mol. The predicted molar refractivity (Wildman–Crippen MR) is 99.2 cm³/mol. The summed E-state index contributed by atoms with van der Waals surface area (Å²) in [5, 5.41) is 2.82. The molecule has 2 aromatic carbocycles. The molecule has 1 N–H and O–H groups in total. The lowest BCUT2D eigenvalue weighted by molar-refractivity contribution is -0.118. The number of hydrogen-bond donors (Lipinski definition) is 1. The predicted octanol–water partition coefficient (Wildman–Crippen LogP) is 3.33. The topological polar surface area (TPSA) is 58.6 Å². The molecule has 0 fully saturated rings. The minimum Gasteiger partial charge on any atom is -0.483 e. The molecule has 0 spiro atoms. The third kappa shape index (κ3) is 4.83. The number of nitrogens with one attached hydrogen (secondary N) is 1. The molecule has 0 radical (unpaired) electrons. The summed E-state index contributed by atoms with van der Waals surface area (Å²) in [7, 11) is 3.39. The molecule has 0 aromatic heterocycles. The van der Waals surface area contributed by atoms with E-state index < -0.39 is 0 Å². The quantitative estimate of drug-likeness (QED) is 0.908. The Balaban J connectivity index is 2.02. The molecule has 0 unspecified atom stereocenters. The highest BCUT2D eigenvalue weighted by Gasteiger charge is 2.12. The highest BCUT2D eigenvalue weighted by Crippen LogP contribution is 2.20. The van der Waals surface area contributed by atoms with Crippen molar-refractivity contribution in [2.45, 2.75) is 20.8 Å². The Morgan fingerprint density at radius 2 is 1.64 bits per heavy atom. The number of carbonyl (C=O) groups excluding carboxylic acids is 2. The van der Waals surface area contributed by atoms with E-state index in [1.807, 2.05) is 45.0 Å². The number of rotatable bonds is 5. The first kappa shape index (κ1) is 18.5. The third-order valence-electron chi connectivity index (χ3n) is 3.99. The van der Waals surface area contributed by atoms with E-state index in [0.717, 1.165) is 16.8 Å². The molecule has 2 aromatic rings. The number of carbonyl (C=O) groups is 2. The first-order chi connectivity index (χ1) is 11.8. The van der Waals surface area contributed by atoms with Gasteiger partial charge < -0.3 is 15.0 Å². The van der Waals surface area contributed by atoms with E-state index in [1.165, 1.54) is 10.5 Å². The van der Waals surface area contributed by atoms with Gasteiger partial charge in [0.25, 0.3) is 11.8 Å². The van der Waals surface area contributed by atoms with Crippen molar-refractivity contribution in [3.8, 4) is 5.75 Å². The van der Waals surface area contributed by atoms with Gasteiger partial charge in [-0.25, -0.2) is 0 Å². The maximum Gasteiger partial charge on any atom is 0.262 e. The standard InChI is InChI=1S/C20H24N2O3/c1-13-7-9-17(10-15(13)3)21-19(23)12-25-18-11-16(8-6-14(18)2)20(24)22(4)5/h6-11H,12H2,1-5H3,(H,21,23). The van der Waals surface area contributed by atoms with Crippen LogP contribution in [-0.4, -0.2) is 37.4 Å². The summed E-state index contributed by atoms with van der Waals surface area (Å²) in [5.74, 6) is 0.180. The van der Waals surface area contributed by atoms with Crippen LogP contribution in [0.25, 0.3) is 0 Å². The van der Waals surface area contributed by atoms with Crippen LogP contribution in [0.5, 0.6) is 5.75 Å². The molecular formula is C20H24N2O3. The van der Waals surface area contributed by atoms with Crippen LogP contribution in [-0.2, 0) is 4.79 Å². The van der Waals surface area contributed by atoms with Crippen LogP contribution < -0.4 is 10.1 Å². The lowest BCUT2D eigenvalue weighted by atomic mass is 10.1. The highest BCUT2D eigenvalue weighted by atomic mass is 16.5. The zero-order chi connectivity index (χ0) is 18.6. The van der Waals surface area contributed by atoms with E-state index in [1.54, 1.807) is 26.2 Å². The number of ether oxygens (including phenoxy) is 1. The van der Waals surface area contributed by atoms with Gasteiger partial charge >= 0.3 is 0 Å². The number of benzene rings is 2. The molecule has 0 saturated carbocycles. The molecule has 2 rings (SSSR count). The summed E-state index contributed by atoms with van der Waals surface area (Å²) >= 11 is 0. The second kappa shape index (κ2) is 7.83. The van der Waals surface area contributed by atoms with Crippen molar-refractivity contribution in [1.29, 1.82) is 0 Å². The molecule has 0 heterocycles. The van der Waals surface area contributed by atoms with E-state index in [4.69, 9.17) is 4.74 Å². The molecule has 132 valence electrons. The normalized spacial score (nSPS) is 10.3. The summed E-state index contributed by atoms with van der Waals surface area (Å²) in [6.45, 7) is 5.78. The molecular weight excluding hydrogens is 316 g/mol. The minimum atomic E-state index is -0.244. The van der Waals surface area contributed by atoms with Gasteiger partial charge in [-0.1, -0.05) is 12.1 Å². The Morgan fingerprint density at radius 3 is 2.28 bits per heavy atom. The zero-order valence-corrected chi connectivity index (χ0v) is 15.3. The summed E-state index contributed by atoms with van der Waals surface area (Å²) in [4.78, 5) is 25.6. The Hall–Kier alpha value is -2.82. The van der Waals surface area contributed by atoms with Crippen molar-refractivity contribution in [2.75, 3.05) is 26.0 Å². The average Bonchev–Trinajstić information content (AvgIpc) is 2.56. The average molecular weight is 340 g/mol. The van der Waals surface area contributed by atoms with Gasteiger partial charge in [-0.2, -0.15) is 0 Å². The van der Waals surface area contributed by atoms with Gasteiger partial charge in [0.2, 0.25) is 0 Å². The molecule has 0 bridgehead atoms. The Bertz CT molecular complexity index is 798. The number of anilines is 1. The van der Waals surface area contributed by atoms with Crippen molar-refractivity contribution >= 4 is 17.5 Å². The summed E-state index contributed by atoms with van der Waals surface area (Å²) in [5.41, 5.74) is 4.43. The van der Waals surface area contributed by atoms with E-state index in [9.17, 15) is 9.59 Å². The molecule has 5 nitrogen and oxygen atoms in total. The first-order valence-electron chi connectivity index (χ1n) is 8.10. The van der Waals surface area contributed by atoms with E-state index in [0.29, 0.717) is 11.3 Å². The van der Waals surface area contributed by atoms with Gasteiger partial charge in [0.05, 0.1) is 0 Å². The van der Waals surface area contributed by atoms with Crippen LogP contribution in [0.15, 0.2) is 36.4 Å². The highest BCUT2D eigenvalue weighted by molar-refractivity contribution is 5.94. The molecule has 25 heavy (non-hydrogen) atoms. The molecule has 2 amide bonds. The fourth-order valence-electron chi connectivity index (χ4n) is 2.31. The number of aryl methyl sites for hydroxylation is 3. The Labute approximate surface area is 148 Å². The van der Waals surface area contributed by atoms with Gasteiger partial charge in [-0.05, 0) is 61.7 Å². The SMILES string of the molecule is Cc1ccc(NC(=O)COc2cc(C(=O)N(C)C)ccc2C)cc1C. The van der Waals surface area contributed by atoms with Crippen molar-refractivity contribution < 1.29 is 14.3 Å². The van der Waals surface area contributed by atoms with Crippen LogP contribution in [0.3, 0.4) is 0 Å². The van der Waals surface area contributed by atoms with Crippen molar-refractivity contribution in [1.82, 2.24) is 4.90 Å². The minimum absolute atomic E-state index is 0.107. The van der Waals surface area contributed by atoms with Gasteiger partial charge in [0.15, 0.2) is 6.61 Å². The van der Waals surface area contributed by atoms with E-state index in [-0.39, 0.29) is 18.4 Å². The van der Waals surface area contributed by atoms with Crippen LogP contribution in [0.2, 0.25) is 0 Å². The summed E-state index contributed by atoms with van der Waals surface area (Å²) in [6, 6.07) is 11.0. The number of hydrogen-bond acceptors (Lipinski definition) is 3. The lowest BCUT2D eigenvalue weighted by Crippen LogP contribution is -2.22. The van der Waals surface area contributed by atoms with Gasteiger partial charge in [-0.15, -0.1) is 0 Å². The van der Waals surface area contributed by atoms with Crippen molar-refractivity contribution in [3.63, 3.8) is 0 Å². The largest absolute Gasteiger partial charge is 0.483 e. The lowest BCUT2D eigenvalue weighted by Gasteiger charge is -2.14. The molecule has 0 aliphatic carbocycles. The Kier molecular flexibility index (Phi) is 5.80. The van der Waals surface area contributed by atoms with Gasteiger partial charge in [0.1, 0.15) is 5.75 Å². The molecule has 0 atom stereocenters. The zero-order valence-electron chi connectivity index (χ0n) is 15.3. The first-order valence-corrected chi connectivity index (χ1v) is 8.10. The fraction of sp³-hybridized carbons (Fsp3) is 0.300. The van der Waals surface area contributed by atoms with E-state index >= 15 is 0 Å². The van der Waals surface area contributed by atoms with Gasteiger partial charge in [0, 0.05) is 25.3 Å². The molecule has 0 saturated heterocycles.